The number of benzene rings is 1. The first-order valence-electron chi connectivity index (χ1n) is 11.3. The van der Waals surface area contributed by atoms with Crippen LogP contribution in [0.1, 0.15) is 42.7 Å². The number of urea groups is 1. The summed E-state index contributed by atoms with van der Waals surface area (Å²) in [5.74, 6) is -0.0381. The second-order valence-electron chi connectivity index (χ2n) is 8.97. The van der Waals surface area contributed by atoms with Gasteiger partial charge >= 0.3 is 6.03 Å². The van der Waals surface area contributed by atoms with Gasteiger partial charge in [-0.1, -0.05) is 18.2 Å². The maximum absolute atomic E-state index is 13.3. The van der Waals surface area contributed by atoms with E-state index in [-0.39, 0.29) is 23.1 Å². The fourth-order valence-corrected chi connectivity index (χ4v) is 5.97. The number of carbonyl (C=O) groups is 2. The maximum Gasteiger partial charge on any atom is 0.317 e. The van der Waals surface area contributed by atoms with E-state index in [1.807, 2.05) is 13.0 Å². The van der Waals surface area contributed by atoms with Crippen LogP contribution in [-0.4, -0.2) is 55.6 Å². The first kappa shape index (κ1) is 23.2. The van der Waals surface area contributed by atoms with Crippen LogP contribution in [0.25, 0.3) is 0 Å². The number of hydrogen-bond donors (Lipinski definition) is 2. The van der Waals surface area contributed by atoms with Gasteiger partial charge in [-0.3, -0.25) is 4.79 Å². The normalized spacial score (nSPS) is 19.2. The first-order valence-corrected chi connectivity index (χ1v) is 12.9. The van der Waals surface area contributed by atoms with E-state index in [9.17, 15) is 18.0 Å². The monoisotopic (exact) mass is 470 g/mol. The summed E-state index contributed by atoms with van der Waals surface area (Å²) in [7, 11) is -1.68. The summed E-state index contributed by atoms with van der Waals surface area (Å²) in [4.78, 5) is 31.6. The third-order valence-corrected chi connectivity index (χ3v) is 8.69. The molecule has 176 valence electrons. The number of pyridine rings is 1. The van der Waals surface area contributed by atoms with E-state index in [1.165, 1.54) is 0 Å². The molecule has 33 heavy (non-hydrogen) atoms. The van der Waals surface area contributed by atoms with Gasteiger partial charge < -0.3 is 15.5 Å². The third-order valence-electron chi connectivity index (χ3n) is 6.41. The van der Waals surface area contributed by atoms with E-state index >= 15 is 0 Å². The molecule has 1 saturated heterocycles. The van der Waals surface area contributed by atoms with Gasteiger partial charge in [0, 0.05) is 26.3 Å². The lowest BCUT2D eigenvalue weighted by atomic mass is 9.87. The van der Waals surface area contributed by atoms with E-state index < -0.39 is 15.8 Å². The van der Waals surface area contributed by atoms with Gasteiger partial charge in [0.2, 0.25) is 5.91 Å². The quantitative estimate of drug-likeness (QED) is 0.646. The number of likely N-dealkylation sites (tertiary alicyclic amines) is 1. The van der Waals surface area contributed by atoms with Crippen molar-refractivity contribution < 1.29 is 18.0 Å². The first-order chi connectivity index (χ1) is 15.8. The molecule has 2 aliphatic rings. The van der Waals surface area contributed by atoms with Crippen LogP contribution in [0.2, 0.25) is 0 Å². The van der Waals surface area contributed by atoms with Crippen LogP contribution < -0.4 is 10.6 Å². The number of aromatic nitrogens is 1. The Hall–Kier alpha value is -2.94. The molecule has 1 aliphatic carbocycles. The summed E-state index contributed by atoms with van der Waals surface area (Å²) < 4.78 is 25.1. The van der Waals surface area contributed by atoms with Gasteiger partial charge in [0.1, 0.15) is 5.82 Å². The van der Waals surface area contributed by atoms with Crippen LogP contribution in [0.5, 0.6) is 0 Å². The van der Waals surface area contributed by atoms with Crippen molar-refractivity contribution in [1.82, 2.24) is 15.2 Å². The molecule has 0 radical (unpaired) electrons. The molecule has 2 heterocycles. The highest BCUT2D eigenvalue weighted by atomic mass is 32.2. The Labute approximate surface area is 194 Å². The summed E-state index contributed by atoms with van der Waals surface area (Å²) in [5.41, 5.74) is 1.75. The third kappa shape index (κ3) is 5.35. The maximum atomic E-state index is 13.3. The molecule has 1 aromatic heterocycles. The molecular weight excluding hydrogens is 440 g/mol. The number of nitrogens with zero attached hydrogens (tertiary/aromatic N) is 2. The molecule has 3 amide bonds. The van der Waals surface area contributed by atoms with E-state index in [1.54, 1.807) is 48.5 Å². The van der Waals surface area contributed by atoms with Crippen molar-refractivity contribution in [2.75, 3.05) is 25.5 Å². The van der Waals surface area contributed by atoms with Crippen molar-refractivity contribution in [3.05, 3.63) is 53.7 Å². The summed E-state index contributed by atoms with van der Waals surface area (Å²) in [6.07, 6.45) is 4.48. The predicted molar refractivity (Wildman–Crippen MR) is 126 cm³/mol. The molecule has 9 heteroatoms. The summed E-state index contributed by atoms with van der Waals surface area (Å²) >= 11 is 0. The smallest absolute Gasteiger partial charge is 0.317 e. The highest BCUT2D eigenvalue weighted by Crippen LogP contribution is 2.35. The van der Waals surface area contributed by atoms with Crippen LogP contribution in [0.4, 0.5) is 10.6 Å². The molecule has 2 aromatic rings. The van der Waals surface area contributed by atoms with Crippen LogP contribution in [0.15, 0.2) is 47.5 Å². The molecule has 4 rings (SSSR count). The average molecular weight is 471 g/mol. The van der Waals surface area contributed by atoms with Crippen LogP contribution in [0.3, 0.4) is 0 Å². The van der Waals surface area contributed by atoms with Crippen LogP contribution in [0, 0.1) is 12.8 Å². The second-order valence-corrected chi connectivity index (χ2v) is 11.2. The molecule has 2 N–H and O–H groups in total. The van der Waals surface area contributed by atoms with Crippen LogP contribution >= 0.6 is 0 Å². The Bertz CT molecular complexity index is 1110. The number of amides is 3. The SMILES string of the molecule is CNC(=O)N1CCC(CC(C(=O)Nc2ccc(C)cn2)c2ccc(S(=O)(=O)C3CC3)cc2)C1. The lowest BCUT2D eigenvalue weighted by Crippen LogP contribution is -2.36. The summed E-state index contributed by atoms with van der Waals surface area (Å²) in [5, 5.41) is 5.27. The Morgan fingerprint density at radius 3 is 2.45 bits per heavy atom. The molecule has 1 aliphatic heterocycles. The summed E-state index contributed by atoms with van der Waals surface area (Å²) in [6, 6.07) is 10.2. The van der Waals surface area contributed by atoms with Gasteiger partial charge in [-0.25, -0.2) is 18.2 Å². The van der Waals surface area contributed by atoms with Crippen molar-refractivity contribution in [3.8, 4) is 0 Å². The summed E-state index contributed by atoms with van der Waals surface area (Å²) in [6.45, 7) is 3.16. The zero-order valence-electron chi connectivity index (χ0n) is 19.0. The minimum Gasteiger partial charge on any atom is -0.341 e. The van der Waals surface area contributed by atoms with Crippen molar-refractivity contribution in [1.29, 1.82) is 0 Å². The number of aryl methyl sites for hydroxylation is 1. The van der Waals surface area contributed by atoms with Gasteiger partial charge in [0.15, 0.2) is 9.84 Å². The van der Waals surface area contributed by atoms with E-state index in [2.05, 4.69) is 15.6 Å². The van der Waals surface area contributed by atoms with Crippen molar-refractivity contribution in [2.45, 2.75) is 48.7 Å². The molecule has 0 bridgehead atoms. The average Bonchev–Trinajstić information content (AvgIpc) is 3.58. The second kappa shape index (κ2) is 9.51. The van der Waals surface area contributed by atoms with Crippen molar-refractivity contribution >= 4 is 27.6 Å². The lowest BCUT2D eigenvalue weighted by Gasteiger charge is -2.21. The number of nitrogens with one attached hydrogen (secondary N) is 2. The minimum atomic E-state index is -3.28. The number of carbonyl (C=O) groups excluding carboxylic acids is 2. The minimum absolute atomic E-state index is 0.114. The largest absolute Gasteiger partial charge is 0.341 e. The fourth-order valence-electron chi connectivity index (χ4n) is 4.31. The molecule has 1 aromatic carbocycles. The Morgan fingerprint density at radius 1 is 1.12 bits per heavy atom. The molecule has 2 atom stereocenters. The van der Waals surface area contributed by atoms with Gasteiger partial charge in [-0.2, -0.15) is 0 Å². The standard InChI is InChI=1S/C24H30N4O4S/c1-16-3-10-22(26-14-16)27-23(29)21(13-17-11-12-28(15-17)24(30)25-2)18-4-6-19(7-5-18)33(31,32)20-8-9-20/h3-7,10,14,17,20-21H,8-9,11-13,15H2,1-2H3,(H,25,30)(H,26,27,29). The van der Waals surface area contributed by atoms with Crippen molar-refractivity contribution in [2.24, 2.45) is 5.92 Å². The van der Waals surface area contributed by atoms with E-state index in [0.29, 0.717) is 43.1 Å². The number of rotatable bonds is 7. The van der Waals surface area contributed by atoms with E-state index in [0.717, 1.165) is 17.5 Å². The zero-order valence-corrected chi connectivity index (χ0v) is 19.8. The van der Waals surface area contributed by atoms with Gasteiger partial charge in [-0.05, 0) is 67.9 Å². The fraction of sp³-hybridized carbons (Fsp3) is 0.458. The highest BCUT2D eigenvalue weighted by Gasteiger charge is 2.37. The van der Waals surface area contributed by atoms with E-state index in [4.69, 9.17) is 0 Å². The number of hydrogen-bond acceptors (Lipinski definition) is 5. The van der Waals surface area contributed by atoms with Gasteiger partial charge in [0.25, 0.3) is 0 Å². The van der Waals surface area contributed by atoms with Gasteiger partial charge in [-0.15, -0.1) is 0 Å². The zero-order chi connectivity index (χ0) is 23.6. The lowest BCUT2D eigenvalue weighted by molar-refractivity contribution is -0.118. The van der Waals surface area contributed by atoms with Gasteiger partial charge in [0.05, 0.1) is 16.1 Å². The topological polar surface area (TPSA) is 108 Å². The number of sulfone groups is 1. The molecule has 0 spiro atoms. The Morgan fingerprint density at radius 2 is 1.85 bits per heavy atom. The molecular formula is C24H30N4O4S. The van der Waals surface area contributed by atoms with Crippen LogP contribution in [-0.2, 0) is 14.6 Å². The van der Waals surface area contributed by atoms with Crippen molar-refractivity contribution in [3.63, 3.8) is 0 Å². The predicted octanol–water partition coefficient (Wildman–Crippen LogP) is 3.10. The Kier molecular flexibility index (Phi) is 6.69. The molecule has 2 fully saturated rings. The molecule has 8 nitrogen and oxygen atoms in total. The molecule has 1 saturated carbocycles. The highest BCUT2D eigenvalue weighted by molar-refractivity contribution is 7.92. The number of anilines is 1. The molecule has 2 unspecified atom stereocenters. The Balaban J connectivity index is 1.54.